The van der Waals surface area contributed by atoms with Crippen molar-refractivity contribution in [2.75, 3.05) is 18.4 Å². The van der Waals surface area contributed by atoms with Crippen LogP contribution in [0.1, 0.15) is 29.9 Å². The summed E-state index contributed by atoms with van der Waals surface area (Å²) in [5.41, 5.74) is 2.21. The Balaban J connectivity index is 1.52. The van der Waals surface area contributed by atoms with Crippen LogP contribution in [-0.2, 0) is 24.0 Å². The van der Waals surface area contributed by atoms with Gasteiger partial charge in [-0.1, -0.05) is 35.6 Å². The fourth-order valence-corrected chi connectivity index (χ4v) is 3.78. The highest BCUT2D eigenvalue weighted by Gasteiger charge is 2.33. The maximum absolute atomic E-state index is 12.6. The predicted molar refractivity (Wildman–Crippen MR) is 96.2 cm³/mol. The molecule has 2 unspecified atom stereocenters. The fraction of sp³-hybridized carbons (Fsp3) is 0.500. The lowest BCUT2D eigenvalue weighted by molar-refractivity contribution is -0.134. The molecule has 1 aromatic heterocycles. The van der Waals surface area contributed by atoms with Crippen LogP contribution in [-0.4, -0.2) is 35.2 Å². The second-order valence-corrected chi connectivity index (χ2v) is 7.68. The van der Waals surface area contributed by atoms with Gasteiger partial charge >= 0.3 is 6.18 Å². The van der Waals surface area contributed by atoms with Crippen molar-refractivity contribution in [3.8, 4) is 0 Å². The Bertz CT molecular complexity index is 707. The van der Waals surface area contributed by atoms with Crippen LogP contribution in [0, 0.1) is 0 Å². The minimum absolute atomic E-state index is 0.238. The number of nitrogens with one attached hydrogen (secondary N) is 1. The summed E-state index contributed by atoms with van der Waals surface area (Å²) >= 11 is 0.620. The number of nitrogens with zero attached hydrogens (tertiary/aromatic N) is 2. The molecule has 26 heavy (non-hydrogen) atoms. The van der Waals surface area contributed by atoms with E-state index in [1.54, 1.807) is 0 Å². The highest BCUT2D eigenvalue weighted by molar-refractivity contribution is 7.15. The maximum atomic E-state index is 12.6. The summed E-state index contributed by atoms with van der Waals surface area (Å²) in [6, 6.07) is 8.11. The standard InChI is InChI=1S/C18H22F3N3OS/c1-12-9-24(10-13(2)25-12)11-15-5-3-14(4-6-15)7-22-17-23-8-16(26-17)18(19,20)21/h3-6,8,12-13H,7,9-11H2,1-2H3,(H,22,23). The van der Waals surface area contributed by atoms with E-state index in [-0.39, 0.29) is 17.3 Å². The van der Waals surface area contributed by atoms with Crippen LogP contribution in [0.5, 0.6) is 0 Å². The van der Waals surface area contributed by atoms with Gasteiger partial charge < -0.3 is 10.1 Å². The van der Waals surface area contributed by atoms with E-state index in [9.17, 15) is 13.2 Å². The van der Waals surface area contributed by atoms with Crippen molar-refractivity contribution in [3.05, 3.63) is 46.5 Å². The van der Waals surface area contributed by atoms with E-state index in [1.165, 1.54) is 5.56 Å². The number of aromatic nitrogens is 1. The number of ether oxygens (including phenoxy) is 1. The summed E-state index contributed by atoms with van der Waals surface area (Å²) in [5, 5.41) is 3.22. The first-order valence-corrected chi connectivity index (χ1v) is 9.34. The molecule has 1 aliphatic rings. The Morgan fingerprint density at radius 1 is 1.15 bits per heavy atom. The van der Waals surface area contributed by atoms with Gasteiger partial charge in [0.05, 0.1) is 18.4 Å². The zero-order valence-electron chi connectivity index (χ0n) is 14.7. The second kappa shape index (κ2) is 7.94. The van der Waals surface area contributed by atoms with Gasteiger partial charge in [0, 0.05) is 26.2 Å². The molecule has 2 aromatic rings. The number of morpholine rings is 1. The molecule has 1 aliphatic heterocycles. The summed E-state index contributed by atoms with van der Waals surface area (Å²) in [6.45, 7) is 7.31. The molecular formula is C18H22F3N3OS. The average molecular weight is 385 g/mol. The van der Waals surface area contributed by atoms with Crippen molar-refractivity contribution >= 4 is 16.5 Å². The van der Waals surface area contributed by atoms with E-state index in [0.717, 1.165) is 31.4 Å². The molecule has 1 N–H and O–H groups in total. The largest absolute Gasteiger partial charge is 0.427 e. The molecule has 0 saturated carbocycles. The van der Waals surface area contributed by atoms with Crippen molar-refractivity contribution in [1.82, 2.24) is 9.88 Å². The van der Waals surface area contributed by atoms with Gasteiger partial charge in [-0.15, -0.1) is 0 Å². The second-order valence-electron chi connectivity index (χ2n) is 6.65. The van der Waals surface area contributed by atoms with Gasteiger partial charge in [-0.05, 0) is 25.0 Å². The number of hydrogen-bond donors (Lipinski definition) is 1. The van der Waals surface area contributed by atoms with Crippen LogP contribution < -0.4 is 5.32 Å². The lowest BCUT2D eigenvalue weighted by atomic mass is 10.1. The van der Waals surface area contributed by atoms with Gasteiger partial charge in [0.25, 0.3) is 0 Å². The van der Waals surface area contributed by atoms with Gasteiger partial charge in [0.1, 0.15) is 4.88 Å². The van der Waals surface area contributed by atoms with Crippen LogP contribution in [0.3, 0.4) is 0 Å². The zero-order valence-corrected chi connectivity index (χ0v) is 15.5. The van der Waals surface area contributed by atoms with Crippen LogP contribution in [0.4, 0.5) is 18.3 Å². The third kappa shape index (κ3) is 5.18. The number of halogens is 3. The molecular weight excluding hydrogens is 363 g/mol. The Hall–Kier alpha value is -1.64. The average Bonchev–Trinajstić information content (AvgIpc) is 3.02. The number of anilines is 1. The first kappa shape index (κ1) is 19.1. The molecule has 0 spiro atoms. The van der Waals surface area contributed by atoms with Crippen molar-refractivity contribution in [2.24, 2.45) is 0 Å². The van der Waals surface area contributed by atoms with Crippen molar-refractivity contribution in [3.63, 3.8) is 0 Å². The lowest BCUT2D eigenvalue weighted by Crippen LogP contribution is -2.44. The van der Waals surface area contributed by atoms with E-state index >= 15 is 0 Å². The summed E-state index contributed by atoms with van der Waals surface area (Å²) < 4.78 is 43.5. The van der Waals surface area contributed by atoms with Crippen molar-refractivity contribution < 1.29 is 17.9 Å². The van der Waals surface area contributed by atoms with Crippen molar-refractivity contribution in [1.29, 1.82) is 0 Å². The Morgan fingerprint density at radius 3 is 2.35 bits per heavy atom. The number of alkyl halides is 3. The number of rotatable bonds is 5. The van der Waals surface area contributed by atoms with Crippen LogP contribution in [0.2, 0.25) is 0 Å². The van der Waals surface area contributed by atoms with E-state index in [4.69, 9.17) is 4.74 Å². The third-order valence-corrected chi connectivity index (χ3v) is 5.15. The molecule has 2 heterocycles. The first-order valence-electron chi connectivity index (χ1n) is 8.52. The zero-order chi connectivity index (χ0) is 18.7. The van der Waals surface area contributed by atoms with E-state index < -0.39 is 11.1 Å². The summed E-state index contributed by atoms with van der Waals surface area (Å²) in [4.78, 5) is 5.46. The number of hydrogen-bond acceptors (Lipinski definition) is 5. The Labute approximate surface area is 155 Å². The summed E-state index contributed by atoms with van der Waals surface area (Å²) in [7, 11) is 0. The highest BCUT2D eigenvalue weighted by Crippen LogP contribution is 2.35. The van der Waals surface area contributed by atoms with Gasteiger partial charge in [0.2, 0.25) is 0 Å². The number of thiazole rings is 1. The molecule has 4 nitrogen and oxygen atoms in total. The van der Waals surface area contributed by atoms with Crippen LogP contribution in [0.25, 0.3) is 0 Å². The van der Waals surface area contributed by atoms with E-state index in [0.29, 0.717) is 17.9 Å². The highest BCUT2D eigenvalue weighted by atomic mass is 32.1. The smallest absolute Gasteiger partial charge is 0.373 e. The molecule has 0 aliphatic carbocycles. The summed E-state index contributed by atoms with van der Waals surface area (Å²) in [6.07, 6.45) is -3.00. The van der Waals surface area contributed by atoms with Gasteiger partial charge in [-0.25, -0.2) is 4.98 Å². The summed E-state index contributed by atoms with van der Waals surface area (Å²) in [5.74, 6) is 0. The quantitative estimate of drug-likeness (QED) is 0.829. The van der Waals surface area contributed by atoms with E-state index in [2.05, 4.69) is 41.2 Å². The number of benzene rings is 1. The molecule has 0 amide bonds. The first-order chi connectivity index (χ1) is 12.3. The van der Waals surface area contributed by atoms with Crippen LogP contribution in [0.15, 0.2) is 30.5 Å². The SMILES string of the molecule is CC1CN(Cc2ccc(CNc3ncc(C(F)(F)F)s3)cc2)CC(C)O1. The third-order valence-electron chi connectivity index (χ3n) is 4.15. The molecule has 142 valence electrons. The van der Waals surface area contributed by atoms with Gasteiger partial charge in [-0.3, -0.25) is 4.90 Å². The topological polar surface area (TPSA) is 37.4 Å². The Kier molecular flexibility index (Phi) is 5.84. The van der Waals surface area contributed by atoms with Gasteiger partial charge in [-0.2, -0.15) is 13.2 Å². The Morgan fingerprint density at radius 2 is 1.77 bits per heavy atom. The molecule has 1 fully saturated rings. The van der Waals surface area contributed by atoms with Gasteiger partial charge in [0.15, 0.2) is 5.13 Å². The predicted octanol–water partition coefficient (Wildman–Crippen LogP) is 4.38. The molecule has 3 rings (SSSR count). The molecule has 0 radical (unpaired) electrons. The monoisotopic (exact) mass is 385 g/mol. The minimum atomic E-state index is -4.34. The molecule has 0 bridgehead atoms. The normalized spacial score (nSPS) is 21.7. The molecule has 2 atom stereocenters. The lowest BCUT2D eigenvalue weighted by Gasteiger charge is -2.35. The molecule has 1 saturated heterocycles. The fourth-order valence-electron chi connectivity index (χ4n) is 3.10. The molecule has 1 aromatic carbocycles. The van der Waals surface area contributed by atoms with Crippen LogP contribution >= 0.6 is 11.3 Å². The maximum Gasteiger partial charge on any atom is 0.427 e. The molecule has 8 heteroatoms. The van der Waals surface area contributed by atoms with E-state index in [1.807, 2.05) is 12.1 Å². The minimum Gasteiger partial charge on any atom is -0.373 e. The van der Waals surface area contributed by atoms with Crippen molar-refractivity contribution in [2.45, 2.75) is 45.3 Å².